The van der Waals surface area contributed by atoms with Gasteiger partial charge in [0.1, 0.15) is 12.2 Å². The Balaban J connectivity index is 1.84. The van der Waals surface area contributed by atoms with Gasteiger partial charge in [-0.2, -0.15) is 0 Å². The number of hydrogen-bond acceptors (Lipinski definition) is 7. The molecule has 7 nitrogen and oxygen atoms in total. The van der Waals surface area contributed by atoms with Gasteiger partial charge in [-0.25, -0.2) is 4.79 Å². The van der Waals surface area contributed by atoms with Gasteiger partial charge >= 0.3 is 6.16 Å². The summed E-state index contributed by atoms with van der Waals surface area (Å²) in [6.45, 7) is 3.10. The van der Waals surface area contributed by atoms with Crippen molar-refractivity contribution in [3.8, 4) is 0 Å². The van der Waals surface area contributed by atoms with Gasteiger partial charge in [-0.1, -0.05) is 0 Å². The number of carbonyl (C=O) groups excluding carboxylic acids is 3. The van der Waals surface area contributed by atoms with Crippen molar-refractivity contribution in [1.29, 1.82) is 0 Å². The molecule has 2 heterocycles. The van der Waals surface area contributed by atoms with E-state index in [4.69, 9.17) is 18.9 Å². The maximum Gasteiger partial charge on any atom is 0.513 e. The van der Waals surface area contributed by atoms with Gasteiger partial charge in [-0.15, -0.1) is 0 Å². The van der Waals surface area contributed by atoms with Crippen LogP contribution in [0.25, 0.3) is 0 Å². The number of rotatable bonds is 2. The molecule has 0 aliphatic carbocycles. The molecule has 2 aliphatic rings. The molecule has 7 heteroatoms. The van der Waals surface area contributed by atoms with Crippen LogP contribution in [-0.2, 0) is 28.5 Å². The van der Waals surface area contributed by atoms with E-state index in [0.717, 1.165) is 0 Å². The van der Waals surface area contributed by atoms with E-state index in [9.17, 15) is 14.4 Å². The van der Waals surface area contributed by atoms with Crippen LogP contribution in [0.2, 0.25) is 0 Å². The van der Waals surface area contributed by atoms with Gasteiger partial charge in [-0.05, 0) is 38.2 Å². The summed E-state index contributed by atoms with van der Waals surface area (Å²) in [6.07, 6.45) is 0.845. The van der Waals surface area contributed by atoms with Crippen molar-refractivity contribution >= 4 is 17.7 Å². The van der Waals surface area contributed by atoms with Gasteiger partial charge in [0.2, 0.25) is 12.6 Å². The van der Waals surface area contributed by atoms with E-state index in [0.29, 0.717) is 0 Å². The van der Waals surface area contributed by atoms with Crippen LogP contribution in [0, 0.1) is 0 Å². The molecule has 0 aromatic heterocycles. The highest BCUT2D eigenvalue weighted by atomic mass is 16.8. The summed E-state index contributed by atoms with van der Waals surface area (Å²) in [5, 5.41) is 0. The quantitative estimate of drug-likeness (QED) is 0.694. The molecule has 0 saturated heterocycles. The largest absolute Gasteiger partial charge is 0.513 e. The highest BCUT2D eigenvalue weighted by Crippen LogP contribution is 2.14. The lowest BCUT2D eigenvalue weighted by Crippen LogP contribution is -2.35. The van der Waals surface area contributed by atoms with E-state index >= 15 is 0 Å². The molecule has 0 saturated carbocycles. The third kappa shape index (κ3) is 3.52. The summed E-state index contributed by atoms with van der Waals surface area (Å²) in [6, 6.07) is 0. The molecule has 108 valence electrons. The molecule has 0 radical (unpaired) electrons. The second kappa shape index (κ2) is 5.98. The van der Waals surface area contributed by atoms with Crippen LogP contribution in [-0.4, -0.2) is 42.5 Å². The van der Waals surface area contributed by atoms with Gasteiger partial charge in [0.15, 0.2) is 11.6 Å². The Morgan fingerprint density at radius 3 is 1.70 bits per heavy atom. The van der Waals surface area contributed by atoms with Gasteiger partial charge in [-0.3, -0.25) is 9.59 Å². The van der Waals surface area contributed by atoms with Crippen LogP contribution in [0.1, 0.15) is 13.8 Å². The molecule has 2 aliphatic heterocycles. The van der Waals surface area contributed by atoms with Crippen molar-refractivity contribution in [2.45, 2.75) is 38.6 Å². The summed E-state index contributed by atoms with van der Waals surface area (Å²) < 4.78 is 20.0. The lowest BCUT2D eigenvalue weighted by atomic mass is 10.2. The fraction of sp³-hybridized carbons (Fsp3) is 0.462. The topological polar surface area (TPSA) is 88.1 Å². The average Bonchev–Trinajstić information content (AvgIpc) is 2.38. The molecule has 0 spiro atoms. The highest BCUT2D eigenvalue weighted by molar-refractivity contribution is 5.94. The number of hydrogen-bond donors (Lipinski definition) is 0. The van der Waals surface area contributed by atoms with Crippen molar-refractivity contribution in [2.24, 2.45) is 0 Å². The molecular weight excluding hydrogens is 268 g/mol. The van der Waals surface area contributed by atoms with Gasteiger partial charge in [0.25, 0.3) is 0 Å². The van der Waals surface area contributed by atoms with E-state index in [1.165, 1.54) is 24.3 Å². The zero-order valence-electron chi connectivity index (χ0n) is 11.0. The Morgan fingerprint density at radius 1 is 0.950 bits per heavy atom. The van der Waals surface area contributed by atoms with Crippen molar-refractivity contribution in [3.05, 3.63) is 24.3 Å². The minimum absolute atomic E-state index is 0.205. The maximum atomic E-state index is 11.5. The number of ketones is 2. The second-order valence-corrected chi connectivity index (χ2v) is 4.30. The third-order valence-corrected chi connectivity index (χ3v) is 2.74. The summed E-state index contributed by atoms with van der Waals surface area (Å²) in [4.78, 5) is 33.8. The SMILES string of the molecule is C[C@@H]1O[C@@H](OC(=O)O[C@H]2C=CC(=O)[C@H](C)O2)C=CC1=O. The monoisotopic (exact) mass is 282 g/mol. The predicted octanol–water partition coefficient (Wildman–Crippen LogP) is 0.880. The molecule has 0 unspecified atom stereocenters. The molecule has 0 aromatic rings. The Labute approximate surface area is 115 Å². The molecule has 0 bridgehead atoms. The average molecular weight is 282 g/mol. The molecule has 0 fully saturated rings. The maximum absolute atomic E-state index is 11.5. The van der Waals surface area contributed by atoms with Gasteiger partial charge in [0, 0.05) is 0 Å². The summed E-state index contributed by atoms with van der Waals surface area (Å²) in [5.41, 5.74) is 0. The van der Waals surface area contributed by atoms with Crippen LogP contribution < -0.4 is 0 Å². The number of ether oxygens (including phenoxy) is 4. The number of carbonyl (C=O) groups is 3. The smallest absolute Gasteiger partial charge is 0.400 e. The Morgan fingerprint density at radius 2 is 1.35 bits per heavy atom. The van der Waals surface area contributed by atoms with E-state index < -0.39 is 30.9 Å². The van der Waals surface area contributed by atoms with E-state index in [-0.39, 0.29) is 11.6 Å². The zero-order valence-corrected chi connectivity index (χ0v) is 11.0. The summed E-state index contributed by atoms with van der Waals surface area (Å²) >= 11 is 0. The Hall–Kier alpha value is -1.99. The lowest BCUT2D eigenvalue weighted by molar-refractivity contribution is -0.170. The van der Waals surface area contributed by atoms with Gasteiger partial charge < -0.3 is 18.9 Å². The Bertz CT molecular complexity index is 437. The van der Waals surface area contributed by atoms with Crippen LogP contribution in [0.15, 0.2) is 24.3 Å². The predicted molar refractivity (Wildman–Crippen MR) is 64.5 cm³/mol. The third-order valence-electron chi connectivity index (χ3n) is 2.74. The Kier molecular flexibility index (Phi) is 4.31. The highest BCUT2D eigenvalue weighted by Gasteiger charge is 2.27. The van der Waals surface area contributed by atoms with Crippen molar-refractivity contribution < 1.29 is 33.3 Å². The van der Waals surface area contributed by atoms with Gasteiger partial charge in [0.05, 0.1) is 0 Å². The molecular formula is C13H14O7. The second-order valence-electron chi connectivity index (χ2n) is 4.30. The lowest BCUT2D eigenvalue weighted by Gasteiger charge is -2.24. The normalized spacial score (nSPS) is 33.1. The summed E-state index contributed by atoms with van der Waals surface area (Å²) in [5.74, 6) is -0.409. The first kappa shape index (κ1) is 14.4. The molecule has 20 heavy (non-hydrogen) atoms. The van der Waals surface area contributed by atoms with Crippen molar-refractivity contribution in [2.75, 3.05) is 0 Å². The van der Waals surface area contributed by atoms with Crippen LogP contribution >= 0.6 is 0 Å². The van der Waals surface area contributed by atoms with E-state index in [1.54, 1.807) is 13.8 Å². The first-order valence-corrected chi connectivity index (χ1v) is 6.08. The van der Waals surface area contributed by atoms with Crippen molar-refractivity contribution in [1.82, 2.24) is 0 Å². The molecule has 4 atom stereocenters. The fourth-order valence-electron chi connectivity index (χ4n) is 1.60. The minimum atomic E-state index is -1.02. The molecule has 0 N–H and O–H groups in total. The minimum Gasteiger partial charge on any atom is -0.400 e. The van der Waals surface area contributed by atoms with Crippen LogP contribution in [0.4, 0.5) is 4.79 Å². The first-order valence-electron chi connectivity index (χ1n) is 6.08. The summed E-state index contributed by atoms with van der Waals surface area (Å²) in [7, 11) is 0. The molecule has 2 rings (SSSR count). The molecule has 0 aromatic carbocycles. The van der Waals surface area contributed by atoms with E-state index in [1.807, 2.05) is 0 Å². The fourth-order valence-corrected chi connectivity index (χ4v) is 1.60. The standard InChI is InChI=1S/C13H14O7/c1-7-9(14)3-5-11(17-7)19-13(16)20-12-6-4-10(15)8(2)18-12/h3-8,11-12H,1-2H3/t7-,8-,11-,12-/m0/s1. The first-order chi connectivity index (χ1) is 9.45. The molecule has 0 amide bonds. The van der Waals surface area contributed by atoms with Crippen molar-refractivity contribution in [3.63, 3.8) is 0 Å². The van der Waals surface area contributed by atoms with E-state index in [2.05, 4.69) is 0 Å². The zero-order chi connectivity index (χ0) is 14.7. The van der Waals surface area contributed by atoms with Crippen LogP contribution in [0.3, 0.4) is 0 Å². The van der Waals surface area contributed by atoms with Crippen LogP contribution in [0.5, 0.6) is 0 Å².